The van der Waals surface area contributed by atoms with Gasteiger partial charge in [-0.25, -0.2) is 26.0 Å². The zero-order valence-electron chi connectivity index (χ0n) is 16.8. The molecule has 2 aromatic rings. The molecule has 0 fully saturated rings. The summed E-state index contributed by atoms with van der Waals surface area (Å²) in [6.45, 7) is 3.73. The van der Waals surface area contributed by atoms with E-state index in [2.05, 4.69) is 9.98 Å². The number of pyridine rings is 1. The van der Waals surface area contributed by atoms with E-state index in [0.29, 0.717) is 6.07 Å². The summed E-state index contributed by atoms with van der Waals surface area (Å²) >= 11 is 0. The number of halogens is 4. The van der Waals surface area contributed by atoms with E-state index in [9.17, 15) is 26.4 Å². The summed E-state index contributed by atoms with van der Waals surface area (Å²) in [5.74, 6) is -7.09. The number of nitrogens with zero attached hydrogens (tertiary/aromatic N) is 2. The van der Waals surface area contributed by atoms with E-state index in [1.807, 2.05) is 0 Å². The molecule has 1 aromatic heterocycles. The van der Waals surface area contributed by atoms with Gasteiger partial charge in [0.05, 0.1) is 17.5 Å². The number of aromatic nitrogens is 1. The van der Waals surface area contributed by atoms with Gasteiger partial charge in [-0.2, -0.15) is 0 Å². The van der Waals surface area contributed by atoms with E-state index < -0.39 is 72.5 Å². The summed E-state index contributed by atoms with van der Waals surface area (Å²) in [5.41, 5.74) is 2.06. The first-order valence-electron chi connectivity index (χ1n) is 9.09. The van der Waals surface area contributed by atoms with Crippen molar-refractivity contribution in [3.8, 4) is 0 Å². The van der Waals surface area contributed by atoms with Crippen molar-refractivity contribution in [1.29, 1.82) is 0 Å². The van der Waals surface area contributed by atoms with Crippen LogP contribution in [0.4, 0.5) is 17.6 Å². The third-order valence-corrected chi connectivity index (χ3v) is 8.07. The van der Waals surface area contributed by atoms with Gasteiger partial charge in [-0.1, -0.05) is 0 Å². The lowest BCUT2D eigenvalue weighted by atomic mass is 9.89. The molecule has 11 heteroatoms. The van der Waals surface area contributed by atoms with E-state index in [1.165, 1.54) is 13.8 Å². The van der Waals surface area contributed by atoms with Crippen molar-refractivity contribution in [2.45, 2.75) is 37.5 Å². The second kappa shape index (κ2) is 7.40. The van der Waals surface area contributed by atoms with Crippen LogP contribution in [0, 0.1) is 23.3 Å². The van der Waals surface area contributed by atoms with Gasteiger partial charge in [-0.3, -0.25) is 14.8 Å². The Kier molecular flexibility index (Phi) is 5.45. The van der Waals surface area contributed by atoms with Crippen molar-refractivity contribution >= 4 is 21.5 Å². The third kappa shape index (κ3) is 3.82. The Morgan fingerprint density at radius 1 is 1.13 bits per heavy atom. The Labute approximate surface area is 176 Å². The molecule has 0 bridgehead atoms. The number of carbonyl (C=O) groups is 1. The van der Waals surface area contributed by atoms with E-state index in [0.717, 1.165) is 25.3 Å². The number of Topliss-reactive ketones (excluding diaryl/α,β-unsaturated/α-hetero) is 1. The number of nitrogens with two attached hydrogens (primary N) is 1. The maximum atomic E-state index is 15.3. The summed E-state index contributed by atoms with van der Waals surface area (Å²) in [6, 6.07) is 2.55. The minimum Gasteiger partial charge on any atom is -0.386 e. The average Bonchev–Trinajstić information content (AvgIpc) is 2.64. The number of hydrogen-bond acceptors (Lipinski definition) is 6. The average molecular weight is 457 g/mol. The second-order valence-electron chi connectivity index (χ2n) is 8.02. The molecule has 6 nitrogen and oxygen atoms in total. The molecule has 0 saturated carbocycles. The van der Waals surface area contributed by atoms with Gasteiger partial charge in [0, 0.05) is 6.42 Å². The Morgan fingerprint density at radius 3 is 2.32 bits per heavy atom. The Bertz CT molecular complexity index is 1210. The fourth-order valence-electron chi connectivity index (χ4n) is 3.33. The maximum absolute atomic E-state index is 15.3. The standard InChI is InChI=1S/C20H19F4N3O3S/c1-19(2)18(25)27-20(3,9-31(19,29)30)15-16(23)10(6-12(22)17(15)24)7-14(28)13-5-4-11(21)8-26-13/h4-6,8H,7,9H2,1-3H3,(H2,25,27)/t20-/m0/s1. The van der Waals surface area contributed by atoms with Crippen molar-refractivity contribution in [3.63, 3.8) is 0 Å². The molecule has 1 atom stereocenters. The minimum atomic E-state index is -4.02. The molecule has 0 spiro atoms. The molecule has 1 aliphatic heterocycles. The number of aliphatic imine (C=N–C) groups is 1. The second-order valence-corrected chi connectivity index (χ2v) is 10.6. The van der Waals surface area contributed by atoms with Gasteiger partial charge in [0.2, 0.25) is 0 Å². The third-order valence-electron chi connectivity index (χ3n) is 5.37. The number of carbonyl (C=O) groups excluding carboxylic acids is 1. The van der Waals surface area contributed by atoms with Gasteiger partial charge in [0.15, 0.2) is 27.3 Å². The van der Waals surface area contributed by atoms with Gasteiger partial charge in [0.25, 0.3) is 0 Å². The van der Waals surface area contributed by atoms with Crippen LogP contribution in [0.5, 0.6) is 0 Å². The van der Waals surface area contributed by atoms with Gasteiger partial charge in [-0.15, -0.1) is 0 Å². The summed E-state index contributed by atoms with van der Waals surface area (Å²) < 4.78 is 81.2. The molecule has 0 unspecified atom stereocenters. The monoisotopic (exact) mass is 457 g/mol. The molecule has 2 N–H and O–H groups in total. The number of rotatable bonds is 4. The van der Waals surface area contributed by atoms with Gasteiger partial charge >= 0.3 is 0 Å². The van der Waals surface area contributed by atoms with Crippen LogP contribution in [0.2, 0.25) is 0 Å². The zero-order chi connectivity index (χ0) is 23.4. The molecular formula is C20H19F4N3O3S. The summed E-state index contributed by atoms with van der Waals surface area (Å²) in [4.78, 5) is 20.0. The maximum Gasteiger partial charge on any atom is 0.185 e. The normalized spacial score (nSPS) is 22.1. The van der Waals surface area contributed by atoms with Crippen LogP contribution in [0.3, 0.4) is 0 Å². The molecule has 0 saturated heterocycles. The van der Waals surface area contributed by atoms with E-state index in [-0.39, 0.29) is 11.5 Å². The zero-order valence-corrected chi connectivity index (χ0v) is 17.7. The van der Waals surface area contributed by atoms with Crippen LogP contribution in [-0.4, -0.2) is 35.5 Å². The summed E-state index contributed by atoms with van der Waals surface area (Å²) in [7, 11) is -4.02. The quantitative estimate of drug-likeness (QED) is 0.432. The number of amidine groups is 1. The van der Waals surface area contributed by atoms with Gasteiger partial charge < -0.3 is 5.73 Å². The molecular weight excluding hydrogens is 438 g/mol. The van der Waals surface area contributed by atoms with E-state index in [4.69, 9.17) is 5.73 Å². The van der Waals surface area contributed by atoms with Crippen LogP contribution in [-0.2, 0) is 21.8 Å². The first-order valence-corrected chi connectivity index (χ1v) is 10.7. The topological polar surface area (TPSA) is 102 Å². The highest BCUT2D eigenvalue weighted by atomic mass is 32.2. The molecule has 1 aromatic carbocycles. The van der Waals surface area contributed by atoms with E-state index >= 15 is 4.39 Å². The van der Waals surface area contributed by atoms with Crippen LogP contribution in [0.15, 0.2) is 29.4 Å². The number of hydrogen-bond donors (Lipinski definition) is 1. The highest BCUT2D eigenvalue weighted by Gasteiger charge is 2.51. The Hall–Kier alpha value is -2.82. The first-order chi connectivity index (χ1) is 14.2. The molecule has 31 heavy (non-hydrogen) atoms. The highest BCUT2D eigenvalue weighted by molar-refractivity contribution is 7.93. The minimum absolute atomic E-state index is 0.206. The Balaban J connectivity index is 2.13. The molecule has 1 aliphatic rings. The lowest BCUT2D eigenvalue weighted by molar-refractivity contribution is 0.0986. The van der Waals surface area contributed by atoms with Crippen molar-refractivity contribution < 1.29 is 30.8 Å². The molecule has 3 rings (SSSR count). The lowest BCUT2D eigenvalue weighted by Crippen LogP contribution is -2.55. The number of benzene rings is 1. The number of sulfone groups is 1. The van der Waals surface area contributed by atoms with Gasteiger partial charge in [-0.05, 0) is 44.5 Å². The molecule has 2 heterocycles. The van der Waals surface area contributed by atoms with Crippen LogP contribution in [0.25, 0.3) is 0 Å². The smallest absolute Gasteiger partial charge is 0.185 e. The van der Waals surface area contributed by atoms with Crippen molar-refractivity contribution in [2.24, 2.45) is 10.7 Å². The van der Waals surface area contributed by atoms with Crippen LogP contribution >= 0.6 is 0 Å². The first kappa shape index (κ1) is 22.9. The largest absolute Gasteiger partial charge is 0.386 e. The SMILES string of the molecule is CC1(C)C(N)=N[C@](C)(c2c(F)c(F)cc(CC(=O)c3ccc(F)cn3)c2F)CS1(=O)=O. The lowest BCUT2D eigenvalue weighted by Gasteiger charge is -2.38. The van der Waals surface area contributed by atoms with Gasteiger partial charge in [0.1, 0.15) is 33.4 Å². The predicted molar refractivity (Wildman–Crippen MR) is 105 cm³/mol. The van der Waals surface area contributed by atoms with Crippen molar-refractivity contribution in [2.75, 3.05) is 5.75 Å². The fourth-order valence-corrected chi connectivity index (χ4v) is 5.01. The fraction of sp³-hybridized carbons (Fsp3) is 0.350. The predicted octanol–water partition coefficient (Wildman–Crippen LogP) is 2.84. The molecule has 0 aliphatic carbocycles. The molecule has 0 radical (unpaired) electrons. The van der Waals surface area contributed by atoms with Crippen molar-refractivity contribution in [1.82, 2.24) is 4.98 Å². The Morgan fingerprint density at radius 2 is 1.77 bits per heavy atom. The van der Waals surface area contributed by atoms with Crippen LogP contribution < -0.4 is 5.73 Å². The van der Waals surface area contributed by atoms with Crippen LogP contribution in [0.1, 0.15) is 42.4 Å². The van der Waals surface area contributed by atoms with Crippen molar-refractivity contribution in [3.05, 3.63) is 64.5 Å². The highest BCUT2D eigenvalue weighted by Crippen LogP contribution is 2.40. The summed E-state index contributed by atoms with van der Waals surface area (Å²) in [5, 5.41) is 0. The summed E-state index contributed by atoms with van der Waals surface area (Å²) in [6.07, 6.45) is 0.0651. The number of ketones is 1. The molecule has 0 amide bonds. The molecule has 166 valence electrons. The van der Waals surface area contributed by atoms with E-state index in [1.54, 1.807) is 0 Å².